The van der Waals surface area contributed by atoms with Gasteiger partial charge in [-0.3, -0.25) is 14.7 Å². The molecule has 0 spiro atoms. The van der Waals surface area contributed by atoms with E-state index in [1.54, 1.807) is 17.7 Å². The zero-order chi connectivity index (χ0) is 19.1. The second-order valence-electron chi connectivity index (χ2n) is 7.95. The quantitative estimate of drug-likeness (QED) is 0.751. The van der Waals surface area contributed by atoms with E-state index < -0.39 is 0 Å². The minimum absolute atomic E-state index is 0.126. The van der Waals surface area contributed by atoms with Crippen molar-refractivity contribution >= 4 is 33.2 Å². The fraction of sp³-hybridized carbons (Fsp3) is 0.684. The van der Waals surface area contributed by atoms with Crippen LogP contribution in [0.25, 0.3) is 10.2 Å². The molecule has 28 heavy (non-hydrogen) atoms. The van der Waals surface area contributed by atoms with Crippen molar-refractivity contribution in [2.45, 2.75) is 36.7 Å². The van der Waals surface area contributed by atoms with E-state index >= 15 is 0 Å². The summed E-state index contributed by atoms with van der Waals surface area (Å²) in [6.07, 6.45) is 5.88. The average Bonchev–Trinajstić information content (AvgIpc) is 3.10. The molecule has 5 heterocycles. The highest BCUT2D eigenvalue weighted by molar-refractivity contribution is 7.19. The molecule has 0 aromatic carbocycles. The SMILES string of the molecule is OC1CN(C2CCN(C(c3cc4ncncc4s3)N3CCOC(Cl)C3)CC2)C1. The molecule has 2 atom stereocenters. The van der Waals surface area contributed by atoms with Crippen molar-refractivity contribution in [3.63, 3.8) is 0 Å². The lowest BCUT2D eigenvalue weighted by molar-refractivity contribution is -0.0734. The standard InChI is InChI=1S/C19H26ClN5O2S/c20-18-11-24(5-6-27-18)19(16-7-15-17(28-16)8-21-12-22-15)23-3-1-13(2-4-23)25-9-14(26)10-25/h7-8,12-14,18-19,26H,1-6,9-11H2. The molecular weight excluding hydrogens is 398 g/mol. The van der Waals surface area contributed by atoms with Crippen LogP contribution in [0, 0.1) is 0 Å². The van der Waals surface area contributed by atoms with Gasteiger partial charge >= 0.3 is 0 Å². The zero-order valence-electron chi connectivity index (χ0n) is 15.8. The number of alkyl halides is 1. The number of nitrogens with zero attached hydrogens (tertiary/aromatic N) is 5. The first-order chi connectivity index (χ1) is 13.7. The first kappa shape index (κ1) is 19.1. The maximum absolute atomic E-state index is 9.61. The fourth-order valence-electron chi connectivity index (χ4n) is 4.65. The zero-order valence-corrected chi connectivity index (χ0v) is 17.4. The van der Waals surface area contributed by atoms with Crippen molar-refractivity contribution in [3.05, 3.63) is 23.5 Å². The van der Waals surface area contributed by atoms with Gasteiger partial charge in [0.15, 0.2) is 0 Å². The van der Waals surface area contributed by atoms with Crippen molar-refractivity contribution in [2.75, 3.05) is 45.9 Å². The molecule has 3 saturated heterocycles. The lowest BCUT2D eigenvalue weighted by Gasteiger charge is -2.48. The molecule has 0 aliphatic carbocycles. The summed E-state index contributed by atoms with van der Waals surface area (Å²) in [6, 6.07) is 2.81. The number of fused-ring (bicyclic) bond motifs is 1. The minimum Gasteiger partial charge on any atom is -0.390 e. The van der Waals surface area contributed by atoms with Gasteiger partial charge in [0.05, 0.1) is 29.1 Å². The van der Waals surface area contributed by atoms with Gasteiger partial charge in [0, 0.05) is 56.4 Å². The molecule has 2 aromatic rings. The number of aliphatic hydroxyl groups excluding tert-OH is 1. The molecule has 3 aliphatic heterocycles. The number of halogens is 1. The molecular formula is C19H26ClN5O2S. The third-order valence-electron chi connectivity index (χ3n) is 6.12. The molecule has 9 heteroatoms. The van der Waals surface area contributed by atoms with Crippen LogP contribution in [-0.2, 0) is 4.74 Å². The molecule has 0 saturated carbocycles. The number of ether oxygens (including phenoxy) is 1. The van der Waals surface area contributed by atoms with Gasteiger partial charge < -0.3 is 9.84 Å². The number of hydrogen-bond acceptors (Lipinski definition) is 8. The highest BCUT2D eigenvalue weighted by Gasteiger charge is 2.37. The number of β-amino-alcohol motifs (C(OH)–C–C–N with tert-alkyl or cyclic N) is 1. The van der Waals surface area contributed by atoms with Crippen molar-refractivity contribution < 1.29 is 9.84 Å². The van der Waals surface area contributed by atoms with Crippen LogP contribution in [0.3, 0.4) is 0 Å². The maximum Gasteiger partial charge on any atom is 0.143 e. The largest absolute Gasteiger partial charge is 0.390 e. The molecule has 3 aliphatic rings. The third-order valence-corrected chi connectivity index (χ3v) is 7.48. The van der Waals surface area contributed by atoms with Gasteiger partial charge in [-0.1, -0.05) is 11.6 Å². The molecule has 0 bridgehead atoms. The van der Waals surface area contributed by atoms with E-state index in [1.807, 2.05) is 6.20 Å². The summed E-state index contributed by atoms with van der Waals surface area (Å²) in [5.74, 6) is 0. The number of rotatable bonds is 4. The van der Waals surface area contributed by atoms with Gasteiger partial charge in [-0.25, -0.2) is 9.97 Å². The smallest absolute Gasteiger partial charge is 0.143 e. The third kappa shape index (κ3) is 3.79. The molecule has 5 rings (SSSR count). The van der Waals surface area contributed by atoms with Crippen LogP contribution in [0.5, 0.6) is 0 Å². The lowest BCUT2D eigenvalue weighted by Crippen LogP contribution is -2.58. The normalized spacial score (nSPS) is 27.9. The van der Waals surface area contributed by atoms with Gasteiger partial charge in [0.2, 0.25) is 0 Å². The van der Waals surface area contributed by atoms with Crippen LogP contribution in [0.2, 0.25) is 0 Å². The first-order valence-corrected chi connectivity index (χ1v) is 11.3. The summed E-state index contributed by atoms with van der Waals surface area (Å²) in [6.45, 7) is 6.03. The molecule has 2 aromatic heterocycles. The van der Waals surface area contributed by atoms with Crippen LogP contribution in [-0.4, -0.2) is 93.4 Å². The summed E-state index contributed by atoms with van der Waals surface area (Å²) in [5.41, 5.74) is 0.755. The van der Waals surface area contributed by atoms with Gasteiger partial charge in [-0.05, 0) is 18.9 Å². The summed E-state index contributed by atoms with van der Waals surface area (Å²) >= 11 is 8.11. The number of piperidine rings is 1. The van der Waals surface area contributed by atoms with Crippen LogP contribution in [0.4, 0.5) is 0 Å². The Labute approximate surface area is 173 Å². The minimum atomic E-state index is -0.259. The van der Waals surface area contributed by atoms with Crippen LogP contribution in [0.15, 0.2) is 18.6 Å². The van der Waals surface area contributed by atoms with Gasteiger partial charge in [-0.15, -0.1) is 11.3 Å². The van der Waals surface area contributed by atoms with Crippen LogP contribution >= 0.6 is 22.9 Å². The first-order valence-electron chi connectivity index (χ1n) is 10.0. The summed E-state index contributed by atoms with van der Waals surface area (Å²) in [7, 11) is 0. The lowest BCUT2D eigenvalue weighted by atomic mass is 9.98. The highest BCUT2D eigenvalue weighted by Crippen LogP contribution is 2.37. The Morgan fingerprint density at radius 3 is 2.71 bits per heavy atom. The van der Waals surface area contributed by atoms with E-state index in [0.29, 0.717) is 12.6 Å². The topological polar surface area (TPSA) is 65.0 Å². The van der Waals surface area contributed by atoms with Crippen LogP contribution < -0.4 is 0 Å². The molecule has 7 nitrogen and oxygen atoms in total. The molecule has 1 N–H and O–H groups in total. The number of aromatic nitrogens is 2. The molecule has 152 valence electrons. The Balaban J connectivity index is 1.36. The summed E-state index contributed by atoms with van der Waals surface area (Å²) < 4.78 is 6.70. The highest BCUT2D eigenvalue weighted by atomic mass is 35.5. The Morgan fingerprint density at radius 1 is 1.18 bits per heavy atom. The van der Waals surface area contributed by atoms with E-state index in [9.17, 15) is 5.11 Å². The van der Waals surface area contributed by atoms with E-state index in [2.05, 4.69) is 30.7 Å². The monoisotopic (exact) mass is 423 g/mol. The second-order valence-corrected chi connectivity index (χ2v) is 9.55. The Hall–Kier alpha value is -0.870. The number of hydrogen-bond donors (Lipinski definition) is 1. The molecule has 3 fully saturated rings. The number of thiophene rings is 1. The second kappa shape index (κ2) is 8.10. The average molecular weight is 424 g/mol. The van der Waals surface area contributed by atoms with E-state index in [0.717, 1.165) is 62.3 Å². The molecule has 0 amide bonds. The molecule has 2 unspecified atom stereocenters. The number of aliphatic hydroxyl groups is 1. The van der Waals surface area contributed by atoms with E-state index in [-0.39, 0.29) is 17.8 Å². The van der Waals surface area contributed by atoms with Crippen molar-refractivity contribution in [1.29, 1.82) is 0 Å². The summed E-state index contributed by atoms with van der Waals surface area (Å²) in [4.78, 5) is 17.4. The van der Waals surface area contributed by atoms with E-state index in [1.165, 1.54) is 4.88 Å². The van der Waals surface area contributed by atoms with Crippen molar-refractivity contribution in [2.24, 2.45) is 0 Å². The van der Waals surface area contributed by atoms with Gasteiger partial charge in [0.25, 0.3) is 0 Å². The van der Waals surface area contributed by atoms with Gasteiger partial charge in [-0.2, -0.15) is 0 Å². The van der Waals surface area contributed by atoms with Crippen molar-refractivity contribution in [3.8, 4) is 0 Å². The predicted octanol–water partition coefficient (Wildman–Crippen LogP) is 1.73. The van der Waals surface area contributed by atoms with Gasteiger partial charge in [0.1, 0.15) is 11.9 Å². The van der Waals surface area contributed by atoms with Crippen LogP contribution in [0.1, 0.15) is 23.9 Å². The molecule has 0 radical (unpaired) electrons. The Morgan fingerprint density at radius 2 is 2.00 bits per heavy atom. The summed E-state index contributed by atoms with van der Waals surface area (Å²) in [5, 5.41) is 9.61. The van der Waals surface area contributed by atoms with Crippen molar-refractivity contribution in [1.82, 2.24) is 24.7 Å². The fourth-order valence-corrected chi connectivity index (χ4v) is 6.08. The Bertz CT molecular complexity index is 775. The number of likely N-dealkylation sites (tertiary alicyclic amines) is 2. The van der Waals surface area contributed by atoms with E-state index in [4.69, 9.17) is 16.3 Å². The number of morpholine rings is 1. The predicted molar refractivity (Wildman–Crippen MR) is 109 cm³/mol. The Kier molecular flexibility index (Phi) is 5.53. The maximum atomic E-state index is 9.61.